The summed E-state index contributed by atoms with van der Waals surface area (Å²) >= 11 is 0. The van der Waals surface area contributed by atoms with Gasteiger partial charge in [-0.25, -0.2) is 0 Å². The van der Waals surface area contributed by atoms with Crippen LogP contribution in [0.5, 0.6) is 0 Å². The Morgan fingerprint density at radius 3 is 2.64 bits per heavy atom. The van der Waals surface area contributed by atoms with E-state index in [-0.39, 0.29) is 11.8 Å². The van der Waals surface area contributed by atoms with Gasteiger partial charge in [0.1, 0.15) is 0 Å². The van der Waals surface area contributed by atoms with Crippen LogP contribution in [0.25, 0.3) is 0 Å². The Labute approximate surface area is 132 Å². The second-order valence-corrected chi connectivity index (χ2v) is 6.11. The maximum Gasteiger partial charge on any atom is 0.224 e. The third kappa shape index (κ3) is 4.29. The Bertz CT molecular complexity index is 477. The summed E-state index contributed by atoms with van der Waals surface area (Å²) in [7, 11) is 0. The fraction of sp³-hybridized carbons (Fsp3) is 0.588. The van der Waals surface area contributed by atoms with Crippen LogP contribution in [0.3, 0.4) is 0 Å². The zero-order valence-corrected chi connectivity index (χ0v) is 13.0. The highest BCUT2D eigenvalue weighted by Crippen LogP contribution is 2.10. The van der Waals surface area contributed by atoms with Crippen LogP contribution in [0.15, 0.2) is 24.3 Å². The monoisotopic (exact) mass is 303 g/mol. The predicted octanol–water partition coefficient (Wildman–Crippen LogP) is 0.744. The van der Waals surface area contributed by atoms with Gasteiger partial charge in [-0.05, 0) is 24.1 Å². The summed E-state index contributed by atoms with van der Waals surface area (Å²) in [6, 6.07) is 8.55. The van der Waals surface area contributed by atoms with Crippen LogP contribution in [-0.4, -0.2) is 50.2 Å². The molecule has 2 N–H and O–H groups in total. The highest BCUT2D eigenvalue weighted by molar-refractivity contribution is 5.79. The smallest absolute Gasteiger partial charge is 0.224 e. The molecule has 2 aliphatic heterocycles. The third-order valence-corrected chi connectivity index (χ3v) is 4.43. The zero-order chi connectivity index (χ0) is 15.2. The molecule has 2 saturated heterocycles. The van der Waals surface area contributed by atoms with Crippen molar-refractivity contribution in [2.24, 2.45) is 5.92 Å². The van der Waals surface area contributed by atoms with Crippen molar-refractivity contribution >= 4 is 5.91 Å². The van der Waals surface area contributed by atoms with E-state index in [4.69, 9.17) is 4.74 Å². The minimum Gasteiger partial charge on any atom is -0.379 e. The van der Waals surface area contributed by atoms with Crippen LogP contribution in [-0.2, 0) is 22.6 Å². The molecule has 0 radical (unpaired) electrons. The van der Waals surface area contributed by atoms with Gasteiger partial charge in [0, 0.05) is 32.7 Å². The number of rotatable bonds is 5. The van der Waals surface area contributed by atoms with Crippen molar-refractivity contribution in [2.75, 3.05) is 39.4 Å². The molecule has 0 aromatic heterocycles. The molecule has 0 aliphatic carbocycles. The third-order valence-electron chi connectivity index (χ3n) is 4.43. The Morgan fingerprint density at radius 1 is 1.23 bits per heavy atom. The van der Waals surface area contributed by atoms with Gasteiger partial charge in [-0.3, -0.25) is 9.69 Å². The van der Waals surface area contributed by atoms with Gasteiger partial charge in [0.2, 0.25) is 5.91 Å². The number of carbonyl (C=O) groups excluding carboxylic acids is 1. The van der Waals surface area contributed by atoms with Crippen LogP contribution >= 0.6 is 0 Å². The maximum absolute atomic E-state index is 12.0. The largest absolute Gasteiger partial charge is 0.379 e. The van der Waals surface area contributed by atoms with E-state index >= 15 is 0 Å². The van der Waals surface area contributed by atoms with Gasteiger partial charge in [-0.1, -0.05) is 24.3 Å². The highest BCUT2D eigenvalue weighted by Gasteiger charge is 2.21. The van der Waals surface area contributed by atoms with Crippen molar-refractivity contribution in [3.05, 3.63) is 35.4 Å². The first-order chi connectivity index (χ1) is 10.8. The molecule has 1 unspecified atom stereocenters. The van der Waals surface area contributed by atoms with E-state index in [2.05, 4.69) is 39.8 Å². The molecule has 2 fully saturated rings. The molecule has 1 amide bonds. The van der Waals surface area contributed by atoms with Crippen LogP contribution in [0.1, 0.15) is 17.5 Å². The zero-order valence-electron chi connectivity index (χ0n) is 13.0. The molecule has 1 aromatic carbocycles. The number of hydrogen-bond acceptors (Lipinski definition) is 4. The average molecular weight is 303 g/mol. The molecule has 22 heavy (non-hydrogen) atoms. The van der Waals surface area contributed by atoms with E-state index in [1.54, 1.807) is 0 Å². The van der Waals surface area contributed by atoms with Gasteiger partial charge in [0.25, 0.3) is 0 Å². The van der Waals surface area contributed by atoms with Gasteiger partial charge in [-0.15, -0.1) is 0 Å². The maximum atomic E-state index is 12.0. The molecule has 1 atom stereocenters. The molecule has 5 nitrogen and oxygen atoms in total. The molecule has 3 rings (SSSR count). The van der Waals surface area contributed by atoms with Gasteiger partial charge < -0.3 is 15.4 Å². The number of ether oxygens (including phenoxy) is 1. The summed E-state index contributed by atoms with van der Waals surface area (Å²) in [5.74, 6) is 0.308. The van der Waals surface area contributed by atoms with E-state index in [1.165, 1.54) is 5.56 Å². The highest BCUT2D eigenvalue weighted by atomic mass is 16.5. The topological polar surface area (TPSA) is 53.6 Å². The van der Waals surface area contributed by atoms with Crippen molar-refractivity contribution in [2.45, 2.75) is 19.5 Å². The summed E-state index contributed by atoms with van der Waals surface area (Å²) in [5.41, 5.74) is 2.47. The van der Waals surface area contributed by atoms with Gasteiger partial charge >= 0.3 is 0 Å². The van der Waals surface area contributed by atoms with E-state index in [9.17, 15) is 4.79 Å². The fourth-order valence-corrected chi connectivity index (χ4v) is 2.99. The standard InChI is InChI=1S/C17H25N3O2/c21-17(16-5-6-18-12-16)19-11-14-1-3-15(4-2-14)13-20-7-9-22-10-8-20/h1-4,16,18H,5-13H2,(H,19,21). The number of nitrogens with zero attached hydrogens (tertiary/aromatic N) is 1. The summed E-state index contributed by atoms with van der Waals surface area (Å²) in [6.45, 7) is 7.04. The number of amides is 1. The average Bonchev–Trinajstić information content (AvgIpc) is 3.09. The molecule has 0 bridgehead atoms. The van der Waals surface area contributed by atoms with Crippen LogP contribution in [0.2, 0.25) is 0 Å². The Balaban J connectivity index is 1.45. The molecular formula is C17H25N3O2. The second-order valence-electron chi connectivity index (χ2n) is 6.11. The first-order valence-electron chi connectivity index (χ1n) is 8.17. The quantitative estimate of drug-likeness (QED) is 0.843. The van der Waals surface area contributed by atoms with Crippen molar-refractivity contribution in [1.29, 1.82) is 0 Å². The Hall–Kier alpha value is -1.43. The molecule has 0 saturated carbocycles. The molecule has 0 spiro atoms. The number of carbonyl (C=O) groups is 1. The van der Waals surface area contributed by atoms with E-state index < -0.39 is 0 Å². The molecule has 1 aromatic rings. The normalized spacial score (nSPS) is 22.6. The minimum atomic E-state index is 0.139. The van der Waals surface area contributed by atoms with Crippen LogP contribution in [0, 0.1) is 5.92 Å². The van der Waals surface area contributed by atoms with Crippen molar-refractivity contribution in [3.8, 4) is 0 Å². The van der Waals surface area contributed by atoms with E-state index in [1.807, 2.05) is 0 Å². The van der Waals surface area contributed by atoms with E-state index in [0.717, 1.165) is 57.9 Å². The SMILES string of the molecule is O=C(NCc1ccc(CN2CCOCC2)cc1)C1CCNC1. The van der Waals surface area contributed by atoms with Gasteiger partial charge in [-0.2, -0.15) is 0 Å². The lowest BCUT2D eigenvalue weighted by Gasteiger charge is -2.26. The summed E-state index contributed by atoms with van der Waals surface area (Å²) in [4.78, 5) is 14.4. The second kappa shape index (κ2) is 7.72. The first-order valence-corrected chi connectivity index (χ1v) is 8.17. The fourth-order valence-electron chi connectivity index (χ4n) is 2.99. The number of benzene rings is 1. The number of nitrogens with one attached hydrogen (secondary N) is 2. The van der Waals surface area contributed by atoms with Crippen LogP contribution < -0.4 is 10.6 Å². The van der Waals surface area contributed by atoms with Crippen molar-refractivity contribution in [1.82, 2.24) is 15.5 Å². The summed E-state index contributed by atoms with van der Waals surface area (Å²) in [5, 5.41) is 6.26. The first kappa shape index (κ1) is 15.5. The summed E-state index contributed by atoms with van der Waals surface area (Å²) in [6.07, 6.45) is 0.949. The lowest BCUT2D eigenvalue weighted by atomic mass is 10.1. The molecule has 120 valence electrons. The van der Waals surface area contributed by atoms with Gasteiger partial charge in [0.05, 0.1) is 19.1 Å². The van der Waals surface area contributed by atoms with E-state index in [0.29, 0.717) is 6.54 Å². The molecule has 5 heteroatoms. The minimum absolute atomic E-state index is 0.139. The van der Waals surface area contributed by atoms with Crippen molar-refractivity contribution in [3.63, 3.8) is 0 Å². The number of hydrogen-bond donors (Lipinski definition) is 2. The van der Waals surface area contributed by atoms with Gasteiger partial charge in [0.15, 0.2) is 0 Å². The Kier molecular flexibility index (Phi) is 5.43. The molecular weight excluding hydrogens is 278 g/mol. The lowest BCUT2D eigenvalue weighted by molar-refractivity contribution is -0.124. The Morgan fingerprint density at radius 2 is 1.95 bits per heavy atom. The number of morpholine rings is 1. The summed E-state index contributed by atoms with van der Waals surface area (Å²) < 4.78 is 5.37. The molecule has 2 heterocycles. The predicted molar refractivity (Wildman–Crippen MR) is 85.4 cm³/mol. The molecule has 2 aliphatic rings. The van der Waals surface area contributed by atoms with Crippen LogP contribution in [0.4, 0.5) is 0 Å². The van der Waals surface area contributed by atoms with Crippen molar-refractivity contribution < 1.29 is 9.53 Å². The lowest BCUT2D eigenvalue weighted by Crippen LogP contribution is -2.35.